The zero-order chi connectivity index (χ0) is 15.2. The Bertz CT molecular complexity index is 662. The summed E-state index contributed by atoms with van der Waals surface area (Å²) in [7, 11) is 5.24. The Labute approximate surface area is 125 Å². The monoisotopic (exact) mass is 282 g/mol. The number of hydrogen-bond donors (Lipinski definition) is 0. The van der Waals surface area contributed by atoms with Gasteiger partial charge in [0.2, 0.25) is 0 Å². The van der Waals surface area contributed by atoms with Crippen LogP contribution in [0.15, 0.2) is 42.5 Å². The SMILES string of the molecule is COc1ccc(CN(C)c2cccc(C#N)c2)cc1OC. The van der Waals surface area contributed by atoms with Crippen LogP contribution in [0, 0.1) is 11.3 Å². The van der Waals surface area contributed by atoms with Crippen LogP contribution in [-0.4, -0.2) is 21.3 Å². The lowest BCUT2D eigenvalue weighted by molar-refractivity contribution is 0.354. The maximum absolute atomic E-state index is 8.96. The maximum Gasteiger partial charge on any atom is 0.161 e. The quantitative estimate of drug-likeness (QED) is 0.844. The van der Waals surface area contributed by atoms with Gasteiger partial charge < -0.3 is 14.4 Å². The van der Waals surface area contributed by atoms with Crippen LogP contribution in [0.25, 0.3) is 0 Å². The molecule has 0 saturated carbocycles. The van der Waals surface area contributed by atoms with Gasteiger partial charge in [-0.05, 0) is 35.9 Å². The topological polar surface area (TPSA) is 45.5 Å². The Kier molecular flexibility index (Phi) is 4.68. The van der Waals surface area contributed by atoms with Crippen LogP contribution >= 0.6 is 0 Å². The molecule has 108 valence electrons. The molecular weight excluding hydrogens is 264 g/mol. The van der Waals surface area contributed by atoms with Gasteiger partial charge in [-0.25, -0.2) is 0 Å². The average molecular weight is 282 g/mol. The molecule has 0 heterocycles. The number of nitrogens with zero attached hydrogens (tertiary/aromatic N) is 2. The van der Waals surface area contributed by atoms with Gasteiger partial charge in [-0.2, -0.15) is 5.26 Å². The highest BCUT2D eigenvalue weighted by Gasteiger charge is 2.07. The van der Waals surface area contributed by atoms with E-state index in [0.717, 1.165) is 23.5 Å². The molecule has 0 radical (unpaired) electrons. The minimum absolute atomic E-state index is 0.659. The molecule has 0 saturated heterocycles. The molecule has 4 nitrogen and oxygen atoms in total. The number of nitriles is 1. The second kappa shape index (κ2) is 6.67. The van der Waals surface area contributed by atoms with E-state index in [4.69, 9.17) is 14.7 Å². The van der Waals surface area contributed by atoms with Crippen molar-refractivity contribution >= 4 is 5.69 Å². The molecule has 21 heavy (non-hydrogen) atoms. The molecule has 0 aromatic heterocycles. The van der Waals surface area contributed by atoms with Crippen LogP contribution in [0.3, 0.4) is 0 Å². The van der Waals surface area contributed by atoms with E-state index in [9.17, 15) is 0 Å². The van der Waals surface area contributed by atoms with E-state index in [1.165, 1.54) is 0 Å². The summed E-state index contributed by atoms with van der Waals surface area (Å²) in [6, 6.07) is 15.6. The predicted molar refractivity (Wildman–Crippen MR) is 82.8 cm³/mol. The lowest BCUT2D eigenvalue weighted by atomic mass is 10.1. The van der Waals surface area contributed by atoms with Crippen molar-refractivity contribution in [3.8, 4) is 17.6 Å². The molecule has 2 rings (SSSR count). The van der Waals surface area contributed by atoms with Gasteiger partial charge in [0.05, 0.1) is 25.9 Å². The maximum atomic E-state index is 8.96. The van der Waals surface area contributed by atoms with Crippen molar-refractivity contribution in [2.75, 3.05) is 26.2 Å². The van der Waals surface area contributed by atoms with E-state index >= 15 is 0 Å². The zero-order valence-electron chi connectivity index (χ0n) is 12.5. The summed E-state index contributed by atoms with van der Waals surface area (Å²) in [5, 5.41) is 8.96. The normalized spacial score (nSPS) is 9.81. The fraction of sp³-hybridized carbons (Fsp3) is 0.235. The first-order valence-electron chi connectivity index (χ1n) is 6.60. The van der Waals surface area contributed by atoms with Crippen LogP contribution in [0.4, 0.5) is 5.69 Å². The molecule has 2 aromatic carbocycles. The van der Waals surface area contributed by atoms with E-state index in [0.29, 0.717) is 11.3 Å². The summed E-state index contributed by atoms with van der Waals surface area (Å²) in [6.45, 7) is 0.717. The fourth-order valence-corrected chi connectivity index (χ4v) is 2.16. The molecule has 0 atom stereocenters. The molecule has 0 aliphatic carbocycles. The van der Waals surface area contributed by atoms with Gasteiger partial charge in [0, 0.05) is 19.3 Å². The van der Waals surface area contributed by atoms with Crippen molar-refractivity contribution in [3.05, 3.63) is 53.6 Å². The first kappa shape index (κ1) is 14.7. The molecule has 0 fully saturated rings. The minimum Gasteiger partial charge on any atom is -0.493 e. The summed E-state index contributed by atoms with van der Waals surface area (Å²) in [4.78, 5) is 2.09. The Balaban J connectivity index is 2.19. The molecule has 0 aliphatic rings. The van der Waals surface area contributed by atoms with Crippen molar-refractivity contribution in [3.63, 3.8) is 0 Å². The van der Waals surface area contributed by atoms with Gasteiger partial charge in [-0.3, -0.25) is 0 Å². The molecule has 2 aromatic rings. The number of anilines is 1. The largest absolute Gasteiger partial charge is 0.493 e. The van der Waals surface area contributed by atoms with Crippen LogP contribution in [0.2, 0.25) is 0 Å². The van der Waals surface area contributed by atoms with Gasteiger partial charge >= 0.3 is 0 Å². The molecular formula is C17H18N2O2. The van der Waals surface area contributed by atoms with Gasteiger partial charge in [0.15, 0.2) is 11.5 Å². The van der Waals surface area contributed by atoms with Gasteiger partial charge in [0.1, 0.15) is 0 Å². The summed E-state index contributed by atoms with van der Waals surface area (Å²) in [6.07, 6.45) is 0. The second-order valence-corrected chi connectivity index (χ2v) is 4.71. The summed E-state index contributed by atoms with van der Waals surface area (Å²) in [5.41, 5.74) is 2.77. The molecule has 0 unspecified atom stereocenters. The molecule has 0 spiro atoms. The van der Waals surface area contributed by atoms with Gasteiger partial charge in [-0.15, -0.1) is 0 Å². The number of benzene rings is 2. The Hall–Kier alpha value is -2.67. The van der Waals surface area contributed by atoms with Crippen molar-refractivity contribution in [1.29, 1.82) is 5.26 Å². The Morgan fingerprint density at radius 3 is 2.48 bits per heavy atom. The molecule has 0 amide bonds. The highest BCUT2D eigenvalue weighted by molar-refractivity contribution is 5.52. The van der Waals surface area contributed by atoms with Crippen LogP contribution in [0.1, 0.15) is 11.1 Å². The molecule has 0 bridgehead atoms. The Morgan fingerprint density at radius 2 is 1.81 bits per heavy atom. The number of rotatable bonds is 5. The zero-order valence-corrected chi connectivity index (χ0v) is 12.5. The average Bonchev–Trinajstić information content (AvgIpc) is 2.54. The van der Waals surface area contributed by atoms with E-state index in [2.05, 4.69) is 11.0 Å². The smallest absolute Gasteiger partial charge is 0.161 e. The minimum atomic E-state index is 0.659. The fourth-order valence-electron chi connectivity index (χ4n) is 2.16. The van der Waals surface area contributed by atoms with E-state index in [1.54, 1.807) is 20.3 Å². The van der Waals surface area contributed by atoms with Crippen molar-refractivity contribution in [2.45, 2.75) is 6.54 Å². The third-order valence-corrected chi connectivity index (χ3v) is 3.28. The molecule has 4 heteroatoms. The van der Waals surface area contributed by atoms with E-state index < -0.39 is 0 Å². The van der Waals surface area contributed by atoms with Crippen molar-refractivity contribution in [2.24, 2.45) is 0 Å². The van der Waals surface area contributed by atoms with Crippen LogP contribution in [-0.2, 0) is 6.54 Å². The lowest BCUT2D eigenvalue weighted by Crippen LogP contribution is -2.16. The summed E-state index contributed by atoms with van der Waals surface area (Å²) in [5.74, 6) is 1.43. The number of methoxy groups -OCH3 is 2. The molecule has 0 aliphatic heterocycles. The third kappa shape index (κ3) is 3.46. The van der Waals surface area contributed by atoms with Crippen LogP contribution in [0.5, 0.6) is 11.5 Å². The standard InChI is InChI=1S/C17H18N2O2/c1-19(15-6-4-5-13(9-15)11-18)12-14-7-8-16(20-2)17(10-14)21-3/h4-10H,12H2,1-3H3. The third-order valence-electron chi connectivity index (χ3n) is 3.28. The first-order chi connectivity index (χ1) is 10.2. The van der Waals surface area contributed by atoms with Crippen molar-refractivity contribution in [1.82, 2.24) is 0 Å². The van der Waals surface area contributed by atoms with Gasteiger partial charge in [0.25, 0.3) is 0 Å². The highest BCUT2D eigenvalue weighted by atomic mass is 16.5. The summed E-state index contributed by atoms with van der Waals surface area (Å²) < 4.78 is 10.6. The van der Waals surface area contributed by atoms with Gasteiger partial charge in [-0.1, -0.05) is 12.1 Å². The van der Waals surface area contributed by atoms with Crippen molar-refractivity contribution < 1.29 is 9.47 Å². The summed E-state index contributed by atoms with van der Waals surface area (Å²) >= 11 is 0. The molecule has 0 N–H and O–H groups in total. The second-order valence-electron chi connectivity index (χ2n) is 4.71. The number of hydrogen-bond acceptors (Lipinski definition) is 4. The lowest BCUT2D eigenvalue weighted by Gasteiger charge is -2.20. The highest BCUT2D eigenvalue weighted by Crippen LogP contribution is 2.28. The predicted octanol–water partition coefficient (Wildman–Crippen LogP) is 3.21. The van der Waals surface area contributed by atoms with Crippen LogP contribution < -0.4 is 14.4 Å². The number of ether oxygens (including phenoxy) is 2. The Morgan fingerprint density at radius 1 is 1.05 bits per heavy atom. The van der Waals surface area contributed by atoms with E-state index in [1.807, 2.05) is 43.4 Å². The first-order valence-corrected chi connectivity index (χ1v) is 6.60. The van der Waals surface area contributed by atoms with E-state index in [-0.39, 0.29) is 0 Å².